The van der Waals surface area contributed by atoms with Crippen LogP contribution in [0.1, 0.15) is 38.2 Å². The third-order valence-corrected chi connectivity index (χ3v) is 6.27. The maximum Gasteiger partial charge on any atom is 0.309 e. The molecule has 2 heterocycles. The van der Waals surface area contributed by atoms with E-state index in [1.807, 2.05) is 30.3 Å². The van der Waals surface area contributed by atoms with Crippen molar-refractivity contribution in [3.05, 3.63) is 35.9 Å². The van der Waals surface area contributed by atoms with Crippen molar-refractivity contribution in [2.24, 2.45) is 5.92 Å². The van der Waals surface area contributed by atoms with Crippen LogP contribution in [0.2, 0.25) is 0 Å². The molecule has 2 aliphatic heterocycles. The molecule has 0 saturated carbocycles. The molecule has 0 aromatic heterocycles. The highest BCUT2D eigenvalue weighted by Crippen LogP contribution is 2.22. The number of hydrogen-bond acceptors (Lipinski definition) is 5. The zero-order valence-electron chi connectivity index (χ0n) is 19.0. The molecule has 0 spiro atoms. The van der Waals surface area contributed by atoms with Crippen LogP contribution < -0.4 is 0 Å². The van der Waals surface area contributed by atoms with Crippen molar-refractivity contribution >= 4 is 23.7 Å². The second-order valence-electron chi connectivity index (χ2n) is 8.51. The summed E-state index contributed by atoms with van der Waals surface area (Å²) in [4.78, 5) is 55.2. The number of carbonyl (C=O) groups excluding carboxylic acids is 4. The maximum atomic E-state index is 13.0. The van der Waals surface area contributed by atoms with Gasteiger partial charge >= 0.3 is 5.97 Å². The molecule has 32 heavy (non-hydrogen) atoms. The van der Waals surface area contributed by atoms with Gasteiger partial charge in [-0.25, -0.2) is 0 Å². The van der Waals surface area contributed by atoms with Gasteiger partial charge in [-0.15, -0.1) is 0 Å². The minimum atomic E-state index is -0.515. The number of ether oxygens (including phenoxy) is 1. The SMILES string of the molecule is CCOC(=O)C1CCN(C(=O)CN(C)C(=O)C2CCCN2C(=O)Cc2ccccc2)CC1. The van der Waals surface area contributed by atoms with Crippen LogP contribution in [0.5, 0.6) is 0 Å². The molecule has 1 atom stereocenters. The molecule has 3 rings (SSSR count). The smallest absolute Gasteiger partial charge is 0.309 e. The zero-order valence-corrected chi connectivity index (χ0v) is 19.0. The lowest BCUT2D eigenvalue weighted by Crippen LogP contribution is -2.50. The van der Waals surface area contributed by atoms with Gasteiger partial charge in [0.05, 0.1) is 25.5 Å². The van der Waals surface area contributed by atoms with Crippen molar-refractivity contribution in [1.29, 1.82) is 0 Å². The summed E-state index contributed by atoms with van der Waals surface area (Å²) in [5.41, 5.74) is 0.922. The van der Waals surface area contributed by atoms with Crippen molar-refractivity contribution in [2.75, 3.05) is 39.8 Å². The summed E-state index contributed by atoms with van der Waals surface area (Å²) >= 11 is 0. The number of carbonyl (C=O) groups is 4. The van der Waals surface area contributed by atoms with E-state index in [0.717, 1.165) is 12.0 Å². The molecular weight excluding hydrogens is 410 g/mol. The lowest BCUT2D eigenvalue weighted by molar-refractivity contribution is -0.152. The number of esters is 1. The van der Waals surface area contributed by atoms with Crippen molar-refractivity contribution in [2.45, 2.75) is 45.1 Å². The van der Waals surface area contributed by atoms with Crippen molar-refractivity contribution in [3.63, 3.8) is 0 Å². The molecule has 0 N–H and O–H groups in total. The standard InChI is InChI=1S/C24H33N3O5/c1-3-32-24(31)19-11-14-26(15-12-19)22(29)17-25(2)23(30)20-10-7-13-27(20)21(28)16-18-8-5-4-6-9-18/h4-6,8-9,19-20H,3,7,10-17H2,1-2H3. The Hall–Kier alpha value is -2.90. The Bertz CT molecular complexity index is 820. The predicted molar refractivity (Wildman–Crippen MR) is 118 cm³/mol. The second kappa shape index (κ2) is 11.1. The van der Waals surface area contributed by atoms with E-state index >= 15 is 0 Å². The Labute approximate surface area is 189 Å². The highest BCUT2D eigenvalue weighted by molar-refractivity contribution is 5.91. The molecule has 2 saturated heterocycles. The van der Waals surface area contributed by atoms with E-state index in [4.69, 9.17) is 4.74 Å². The fourth-order valence-corrected chi connectivity index (χ4v) is 4.45. The average Bonchev–Trinajstić information content (AvgIpc) is 3.29. The Morgan fingerprint density at radius 1 is 1.00 bits per heavy atom. The van der Waals surface area contributed by atoms with Crippen molar-refractivity contribution < 1.29 is 23.9 Å². The Morgan fingerprint density at radius 2 is 1.69 bits per heavy atom. The first-order valence-corrected chi connectivity index (χ1v) is 11.4. The summed E-state index contributed by atoms with van der Waals surface area (Å²) in [6.45, 7) is 3.64. The van der Waals surface area contributed by atoms with Gasteiger partial charge in [-0.1, -0.05) is 30.3 Å². The highest BCUT2D eigenvalue weighted by Gasteiger charge is 2.36. The van der Waals surface area contributed by atoms with Crippen LogP contribution in [0.3, 0.4) is 0 Å². The molecule has 0 radical (unpaired) electrons. The molecule has 8 heteroatoms. The Kier molecular flexibility index (Phi) is 8.25. The van der Waals surface area contributed by atoms with Gasteiger partial charge in [-0.2, -0.15) is 0 Å². The van der Waals surface area contributed by atoms with Gasteiger partial charge < -0.3 is 19.4 Å². The molecule has 3 amide bonds. The van der Waals surface area contributed by atoms with E-state index in [9.17, 15) is 19.2 Å². The number of likely N-dealkylation sites (N-methyl/N-ethyl adjacent to an activating group) is 1. The molecule has 0 bridgehead atoms. The normalized spacial score (nSPS) is 19.0. The number of nitrogens with zero attached hydrogens (tertiary/aromatic N) is 3. The van der Waals surface area contributed by atoms with Crippen LogP contribution in [-0.2, 0) is 30.3 Å². The fourth-order valence-electron chi connectivity index (χ4n) is 4.45. The number of hydrogen-bond donors (Lipinski definition) is 0. The molecule has 2 aliphatic rings. The van der Waals surface area contributed by atoms with Crippen LogP contribution in [0.4, 0.5) is 0 Å². The van der Waals surface area contributed by atoms with Crippen LogP contribution in [0, 0.1) is 5.92 Å². The maximum absolute atomic E-state index is 13.0. The molecule has 1 aromatic rings. The van der Waals surface area contributed by atoms with E-state index < -0.39 is 6.04 Å². The lowest BCUT2D eigenvalue weighted by atomic mass is 9.97. The summed E-state index contributed by atoms with van der Waals surface area (Å²) in [5.74, 6) is -0.760. The largest absolute Gasteiger partial charge is 0.466 e. The van der Waals surface area contributed by atoms with Gasteiger partial charge in [0.25, 0.3) is 0 Å². The van der Waals surface area contributed by atoms with Gasteiger partial charge in [-0.3, -0.25) is 19.2 Å². The topological polar surface area (TPSA) is 87.2 Å². The van der Waals surface area contributed by atoms with E-state index in [0.29, 0.717) is 45.5 Å². The minimum absolute atomic E-state index is 0.0277. The lowest BCUT2D eigenvalue weighted by Gasteiger charge is -2.33. The molecule has 8 nitrogen and oxygen atoms in total. The fraction of sp³-hybridized carbons (Fsp3) is 0.583. The molecule has 1 unspecified atom stereocenters. The summed E-state index contributed by atoms with van der Waals surface area (Å²) in [7, 11) is 1.61. The highest BCUT2D eigenvalue weighted by atomic mass is 16.5. The van der Waals surface area contributed by atoms with Crippen LogP contribution >= 0.6 is 0 Å². The van der Waals surface area contributed by atoms with Crippen molar-refractivity contribution in [3.8, 4) is 0 Å². The molecule has 2 fully saturated rings. The summed E-state index contributed by atoms with van der Waals surface area (Å²) in [6.07, 6.45) is 2.81. The summed E-state index contributed by atoms with van der Waals surface area (Å²) in [5, 5.41) is 0. The zero-order chi connectivity index (χ0) is 23.1. The molecular formula is C24H33N3O5. The van der Waals surface area contributed by atoms with Crippen LogP contribution in [-0.4, -0.2) is 84.3 Å². The second-order valence-corrected chi connectivity index (χ2v) is 8.51. The van der Waals surface area contributed by atoms with Gasteiger partial charge in [-0.05, 0) is 38.2 Å². The van der Waals surface area contributed by atoms with Gasteiger partial charge in [0.15, 0.2) is 0 Å². The molecule has 174 valence electrons. The van der Waals surface area contributed by atoms with E-state index in [1.54, 1.807) is 23.8 Å². The summed E-state index contributed by atoms with van der Waals surface area (Å²) in [6, 6.07) is 8.98. The van der Waals surface area contributed by atoms with Gasteiger partial charge in [0, 0.05) is 26.7 Å². The van der Waals surface area contributed by atoms with Crippen LogP contribution in [0.15, 0.2) is 30.3 Å². The first-order chi connectivity index (χ1) is 15.4. The molecule has 1 aromatic carbocycles. The summed E-state index contributed by atoms with van der Waals surface area (Å²) < 4.78 is 5.07. The molecule has 0 aliphatic carbocycles. The van der Waals surface area contributed by atoms with Crippen molar-refractivity contribution in [1.82, 2.24) is 14.7 Å². The van der Waals surface area contributed by atoms with E-state index in [1.165, 1.54) is 4.90 Å². The monoisotopic (exact) mass is 443 g/mol. The number of amides is 3. The number of piperidine rings is 1. The third-order valence-electron chi connectivity index (χ3n) is 6.27. The Morgan fingerprint density at radius 3 is 2.34 bits per heavy atom. The van der Waals surface area contributed by atoms with Gasteiger partial charge in [0.1, 0.15) is 6.04 Å². The Balaban J connectivity index is 1.50. The minimum Gasteiger partial charge on any atom is -0.466 e. The average molecular weight is 444 g/mol. The predicted octanol–water partition coefficient (Wildman–Crippen LogP) is 1.48. The number of likely N-dealkylation sites (tertiary alicyclic amines) is 2. The van der Waals surface area contributed by atoms with E-state index in [-0.39, 0.29) is 42.6 Å². The van der Waals surface area contributed by atoms with E-state index in [2.05, 4.69) is 0 Å². The quantitative estimate of drug-likeness (QED) is 0.596. The van der Waals surface area contributed by atoms with Crippen LogP contribution in [0.25, 0.3) is 0 Å². The number of benzene rings is 1. The third kappa shape index (κ3) is 5.87. The van der Waals surface area contributed by atoms with Gasteiger partial charge in [0.2, 0.25) is 17.7 Å². The first kappa shape index (κ1) is 23.8. The first-order valence-electron chi connectivity index (χ1n) is 11.4. The number of rotatable bonds is 7.